The minimum Gasteiger partial charge on any atom is -0.384 e. The van der Waals surface area contributed by atoms with Crippen LogP contribution in [0.15, 0.2) is 35.9 Å². The van der Waals surface area contributed by atoms with Crippen LogP contribution in [0.25, 0.3) is 6.08 Å². The summed E-state index contributed by atoms with van der Waals surface area (Å²) in [5.74, 6) is 0.579. The number of hydrogen-bond donors (Lipinski definition) is 1. The van der Waals surface area contributed by atoms with Gasteiger partial charge in [0.05, 0.1) is 0 Å². The van der Waals surface area contributed by atoms with Gasteiger partial charge in [-0.15, -0.1) is 0 Å². The van der Waals surface area contributed by atoms with Crippen LogP contribution in [0, 0.1) is 5.92 Å². The molecule has 1 saturated carbocycles. The van der Waals surface area contributed by atoms with E-state index in [2.05, 4.69) is 30.3 Å². The summed E-state index contributed by atoms with van der Waals surface area (Å²) in [6, 6.07) is 10.8. The minimum absolute atomic E-state index is 0.367. The summed E-state index contributed by atoms with van der Waals surface area (Å²) in [7, 11) is 1.74. The predicted octanol–water partition coefficient (Wildman–Crippen LogP) is 2.45. The van der Waals surface area contributed by atoms with Gasteiger partial charge in [-0.2, -0.15) is 0 Å². The van der Waals surface area contributed by atoms with Crippen molar-refractivity contribution in [1.29, 1.82) is 0 Å². The lowest BCUT2D eigenvalue weighted by Crippen LogP contribution is -2.05. The molecule has 0 radical (unpaired) electrons. The number of ether oxygens (including phenoxy) is 1. The SMILES string of the molecule is COCCC(=Cc1ccccc1)[C@@H]1C[C@H]1N. The van der Waals surface area contributed by atoms with Crippen molar-refractivity contribution in [2.24, 2.45) is 11.7 Å². The van der Waals surface area contributed by atoms with Gasteiger partial charge < -0.3 is 10.5 Å². The van der Waals surface area contributed by atoms with Gasteiger partial charge in [-0.05, 0) is 24.3 Å². The molecule has 1 aromatic rings. The van der Waals surface area contributed by atoms with Crippen LogP contribution in [0.2, 0.25) is 0 Å². The second-order valence-electron chi connectivity index (χ2n) is 4.38. The molecule has 16 heavy (non-hydrogen) atoms. The second kappa shape index (κ2) is 5.28. The predicted molar refractivity (Wildman–Crippen MR) is 67.0 cm³/mol. The van der Waals surface area contributed by atoms with Gasteiger partial charge >= 0.3 is 0 Å². The molecule has 1 fully saturated rings. The van der Waals surface area contributed by atoms with E-state index in [9.17, 15) is 0 Å². The Morgan fingerprint density at radius 1 is 1.44 bits per heavy atom. The topological polar surface area (TPSA) is 35.2 Å². The Labute approximate surface area is 97.1 Å². The molecule has 2 atom stereocenters. The lowest BCUT2D eigenvalue weighted by Gasteiger charge is -2.06. The maximum absolute atomic E-state index is 5.91. The van der Waals surface area contributed by atoms with Gasteiger partial charge in [-0.1, -0.05) is 42.0 Å². The van der Waals surface area contributed by atoms with Gasteiger partial charge in [-0.25, -0.2) is 0 Å². The van der Waals surface area contributed by atoms with Gasteiger partial charge in [0.25, 0.3) is 0 Å². The number of rotatable bonds is 5. The molecule has 1 aliphatic carbocycles. The highest BCUT2D eigenvalue weighted by Gasteiger charge is 2.35. The third-order valence-electron chi connectivity index (χ3n) is 3.06. The Kier molecular flexibility index (Phi) is 3.75. The van der Waals surface area contributed by atoms with Gasteiger partial charge in [0, 0.05) is 19.8 Å². The van der Waals surface area contributed by atoms with Crippen molar-refractivity contribution in [1.82, 2.24) is 0 Å². The van der Waals surface area contributed by atoms with Gasteiger partial charge in [0.1, 0.15) is 0 Å². The van der Waals surface area contributed by atoms with Crippen LogP contribution in [0.5, 0.6) is 0 Å². The molecule has 0 aliphatic heterocycles. The van der Waals surface area contributed by atoms with Crippen molar-refractivity contribution in [2.75, 3.05) is 13.7 Å². The molecule has 0 unspecified atom stereocenters. The monoisotopic (exact) mass is 217 g/mol. The van der Waals surface area contributed by atoms with Crippen LogP contribution >= 0.6 is 0 Å². The van der Waals surface area contributed by atoms with Crippen molar-refractivity contribution in [2.45, 2.75) is 18.9 Å². The van der Waals surface area contributed by atoms with E-state index in [0.29, 0.717) is 12.0 Å². The van der Waals surface area contributed by atoms with E-state index >= 15 is 0 Å². The van der Waals surface area contributed by atoms with Crippen LogP contribution in [0.4, 0.5) is 0 Å². The smallest absolute Gasteiger partial charge is 0.0499 e. The molecule has 0 heterocycles. The maximum atomic E-state index is 5.91. The Morgan fingerprint density at radius 2 is 2.12 bits per heavy atom. The molecular formula is C14H19NO. The van der Waals surface area contributed by atoms with E-state index in [1.807, 2.05) is 6.07 Å². The molecule has 0 bridgehead atoms. The Hall–Kier alpha value is -1.12. The second-order valence-corrected chi connectivity index (χ2v) is 4.38. The highest BCUT2D eigenvalue weighted by Crippen LogP contribution is 2.38. The van der Waals surface area contributed by atoms with E-state index in [-0.39, 0.29) is 0 Å². The lowest BCUT2D eigenvalue weighted by atomic mass is 10.0. The first-order chi connectivity index (χ1) is 7.81. The largest absolute Gasteiger partial charge is 0.384 e. The third kappa shape index (κ3) is 2.94. The van der Waals surface area contributed by atoms with Crippen molar-refractivity contribution in [3.63, 3.8) is 0 Å². The number of benzene rings is 1. The highest BCUT2D eigenvalue weighted by molar-refractivity contribution is 5.54. The molecule has 2 heteroatoms. The van der Waals surface area contributed by atoms with Crippen LogP contribution < -0.4 is 5.73 Å². The summed E-state index contributed by atoms with van der Waals surface area (Å²) >= 11 is 0. The first-order valence-corrected chi connectivity index (χ1v) is 5.81. The highest BCUT2D eigenvalue weighted by atomic mass is 16.5. The average Bonchev–Trinajstić information content (AvgIpc) is 3.03. The summed E-state index contributed by atoms with van der Waals surface area (Å²) in [4.78, 5) is 0. The van der Waals surface area contributed by atoms with Crippen molar-refractivity contribution < 1.29 is 4.74 Å². The summed E-state index contributed by atoms with van der Waals surface area (Å²) in [5, 5.41) is 0. The molecule has 86 valence electrons. The fraction of sp³-hybridized carbons (Fsp3) is 0.429. The summed E-state index contributed by atoms with van der Waals surface area (Å²) in [5.41, 5.74) is 8.60. The number of methoxy groups -OCH3 is 1. The van der Waals surface area contributed by atoms with Crippen LogP contribution in [-0.4, -0.2) is 19.8 Å². The minimum atomic E-state index is 0.367. The van der Waals surface area contributed by atoms with Crippen LogP contribution in [-0.2, 0) is 4.74 Å². The first-order valence-electron chi connectivity index (χ1n) is 5.81. The van der Waals surface area contributed by atoms with Crippen molar-refractivity contribution >= 4 is 6.08 Å². The van der Waals surface area contributed by atoms with Crippen LogP contribution in [0.3, 0.4) is 0 Å². The Morgan fingerprint density at radius 3 is 2.69 bits per heavy atom. The van der Waals surface area contributed by atoms with E-state index < -0.39 is 0 Å². The summed E-state index contributed by atoms with van der Waals surface area (Å²) in [6.07, 6.45) is 4.38. The van der Waals surface area contributed by atoms with Crippen molar-refractivity contribution in [3.8, 4) is 0 Å². The standard InChI is InChI=1S/C14H19NO/c1-16-8-7-12(13-10-14(13)15)9-11-5-3-2-4-6-11/h2-6,9,13-14H,7-8,10,15H2,1H3/t13-,14+/m0/s1. The molecule has 0 saturated heterocycles. The van der Waals surface area contributed by atoms with Gasteiger partial charge in [0.15, 0.2) is 0 Å². The van der Waals surface area contributed by atoms with E-state index in [1.54, 1.807) is 7.11 Å². The molecule has 2 N–H and O–H groups in total. The molecule has 1 aromatic carbocycles. The normalized spacial score (nSPS) is 24.5. The molecule has 1 aliphatic rings. The van der Waals surface area contributed by atoms with Gasteiger partial charge in [-0.3, -0.25) is 0 Å². The number of nitrogens with two attached hydrogens (primary N) is 1. The van der Waals surface area contributed by atoms with E-state index in [0.717, 1.165) is 19.4 Å². The van der Waals surface area contributed by atoms with E-state index in [4.69, 9.17) is 10.5 Å². The van der Waals surface area contributed by atoms with E-state index in [1.165, 1.54) is 11.1 Å². The van der Waals surface area contributed by atoms with Crippen molar-refractivity contribution in [3.05, 3.63) is 41.5 Å². The van der Waals surface area contributed by atoms with Crippen LogP contribution in [0.1, 0.15) is 18.4 Å². The average molecular weight is 217 g/mol. The summed E-state index contributed by atoms with van der Waals surface area (Å²) in [6.45, 7) is 0.780. The molecule has 0 spiro atoms. The Bertz CT molecular complexity index is 358. The number of hydrogen-bond acceptors (Lipinski definition) is 2. The lowest BCUT2D eigenvalue weighted by molar-refractivity contribution is 0.201. The maximum Gasteiger partial charge on any atom is 0.0499 e. The summed E-state index contributed by atoms with van der Waals surface area (Å²) < 4.78 is 5.14. The molecular weight excluding hydrogens is 198 g/mol. The zero-order valence-electron chi connectivity index (χ0n) is 9.73. The molecule has 2 rings (SSSR count). The Balaban J connectivity index is 2.08. The molecule has 0 amide bonds. The van der Waals surface area contributed by atoms with Gasteiger partial charge in [0.2, 0.25) is 0 Å². The zero-order valence-corrected chi connectivity index (χ0v) is 9.73. The molecule has 2 nitrogen and oxygen atoms in total. The fourth-order valence-corrected chi connectivity index (χ4v) is 1.99. The first kappa shape index (κ1) is 11.4. The zero-order chi connectivity index (χ0) is 11.4. The quantitative estimate of drug-likeness (QED) is 0.822. The fourth-order valence-electron chi connectivity index (χ4n) is 1.99. The third-order valence-corrected chi connectivity index (χ3v) is 3.06. The molecule has 0 aromatic heterocycles.